The van der Waals surface area contributed by atoms with Crippen LogP contribution in [-0.4, -0.2) is 67.2 Å². The van der Waals surface area contributed by atoms with E-state index in [1.807, 2.05) is 17.0 Å². The number of halogens is 1. The summed E-state index contributed by atoms with van der Waals surface area (Å²) in [5.41, 5.74) is 1.21. The molecule has 2 N–H and O–H groups in total. The number of rotatable bonds is 4. The molecule has 1 saturated heterocycles. The van der Waals surface area contributed by atoms with E-state index in [4.69, 9.17) is 16.3 Å². The average Bonchev–Trinajstić information content (AvgIpc) is 2.73. The summed E-state index contributed by atoms with van der Waals surface area (Å²) in [7, 11) is 1.37. The molecule has 3 fully saturated rings. The number of urea groups is 1. The first-order valence-electron chi connectivity index (χ1n) is 10.8. The van der Waals surface area contributed by atoms with Gasteiger partial charge in [-0.2, -0.15) is 0 Å². The van der Waals surface area contributed by atoms with E-state index in [-0.39, 0.29) is 35.4 Å². The zero-order valence-corrected chi connectivity index (χ0v) is 18.5. The van der Waals surface area contributed by atoms with Gasteiger partial charge in [0, 0.05) is 49.7 Å². The lowest BCUT2D eigenvalue weighted by Gasteiger charge is -2.57. The lowest BCUT2D eigenvalue weighted by Crippen LogP contribution is -2.60. The van der Waals surface area contributed by atoms with E-state index in [9.17, 15) is 14.4 Å². The number of piperazine rings is 1. The fraction of sp³-hybridized carbons (Fsp3) is 0.591. The Kier molecular flexibility index (Phi) is 6.27. The number of methoxy groups -OCH3 is 1. The lowest BCUT2D eigenvalue weighted by molar-refractivity contribution is -0.150. The number of hydrogen-bond acceptors (Lipinski definition) is 4. The summed E-state index contributed by atoms with van der Waals surface area (Å²) >= 11 is 5.87. The first-order valence-corrected chi connectivity index (χ1v) is 11.2. The molecule has 2 aliphatic carbocycles. The predicted octanol–water partition coefficient (Wildman–Crippen LogP) is 2.61. The minimum Gasteiger partial charge on any atom is -0.453 e. The van der Waals surface area contributed by atoms with Crippen LogP contribution < -0.4 is 10.6 Å². The fourth-order valence-electron chi connectivity index (χ4n) is 5.10. The minimum absolute atomic E-state index is 0.0735. The van der Waals surface area contributed by atoms with Gasteiger partial charge in [0.2, 0.25) is 5.91 Å². The maximum Gasteiger partial charge on any atom is 0.409 e. The maximum atomic E-state index is 12.8. The van der Waals surface area contributed by atoms with Gasteiger partial charge in [0.15, 0.2) is 0 Å². The monoisotopic (exact) mass is 448 g/mol. The van der Waals surface area contributed by atoms with E-state index >= 15 is 0 Å². The Morgan fingerprint density at radius 2 is 1.65 bits per heavy atom. The first kappa shape index (κ1) is 21.7. The largest absolute Gasteiger partial charge is 0.453 e. The highest BCUT2D eigenvalue weighted by Crippen LogP contribution is 2.59. The molecule has 1 aromatic carbocycles. The molecular weight excluding hydrogens is 420 g/mol. The van der Waals surface area contributed by atoms with Crippen molar-refractivity contribution in [3.05, 3.63) is 34.9 Å². The third kappa shape index (κ3) is 4.89. The quantitative estimate of drug-likeness (QED) is 0.740. The van der Waals surface area contributed by atoms with Crippen LogP contribution in [0.2, 0.25) is 5.02 Å². The van der Waals surface area contributed by atoms with E-state index < -0.39 is 0 Å². The Morgan fingerprint density at radius 1 is 1.03 bits per heavy atom. The molecule has 1 aromatic rings. The van der Waals surface area contributed by atoms with Crippen LogP contribution in [0.25, 0.3) is 0 Å². The number of carbonyl (C=O) groups is 3. The van der Waals surface area contributed by atoms with Gasteiger partial charge >= 0.3 is 12.1 Å². The van der Waals surface area contributed by atoms with Crippen molar-refractivity contribution in [3.63, 3.8) is 0 Å². The summed E-state index contributed by atoms with van der Waals surface area (Å²) < 4.78 is 4.74. The van der Waals surface area contributed by atoms with E-state index in [0.717, 1.165) is 31.2 Å². The molecule has 2 saturated carbocycles. The number of nitrogens with one attached hydrogen (secondary N) is 2. The molecule has 0 unspecified atom stereocenters. The average molecular weight is 449 g/mol. The van der Waals surface area contributed by atoms with E-state index in [2.05, 4.69) is 10.6 Å². The summed E-state index contributed by atoms with van der Waals surface area (Å²) in [5, 5.41) is 6.58. The smallest absolute Gasteiger partial charge is 0.409 e. The zero-order chi connectivity index (χ0) is 22.0. The Labute approximate surface area is 187 Å². The molecule has 0 aromatic heterocycles. The molecule has 8 nitrogen and oxygen atoms in total. The third-order valence-electron chi connectivity index (χ3n) is 6.79. The van der Waals surface area contributed by atoms with Crippen LogP contribution in [0, 0.1) is 11.3 Å². The van der Waals surface area contributed by atoms with E-state index in [1.165, 1.54) is 7.11 Å². The second kappa shape index (κ2) is 8.94. The van der Waals surface area contributed by atoms with Crippen LogP contribution in [-0.2, 0) is 16.1 Å². The van der Waals surface area contributed by atoms with Gasteiger partial charge in [0.25, 0.3) is 0 Å². The molecule has 0 atom stereocenters. The van der Waals surface area contributed by atoms with Gasteiger partial charge in [0.1, 0.15) is 0 Å². The zero-order valence-electron chi connectivity index (χ0n) is 17.7. The van der Waals surface area contributed by atoms with Gasteiger partial charge in [-0.1, -0.05) is 23.7 Å². The molecular formula is C22H29ClN4O4. The molecule has 31 heavy (non-hydrogen) atoms. The summed E-state index contributed by atoms with van der Waals surface area (Å²) in [4.78, 5) is 40.0. The normalized spacial score (nSPS) is 27.2. The van der Waals surface area contributed by atoms with Gasteiger partial charge in [0.05, 0.1) is 7.11 Å². The van der Waals surface area contributed by atoms with Crippen LogP contribution >= 0.6 is 11.6 Å². The highest BCUT2D eigenvalue weighted by molar-refractivity contribution is 6.30. The van der Waals surface area contributed by atoms with Crippen molar-refractivity contribution in [3.8, 4) is 0 Å². The van der Waals surface area contributed by atoms with Crippen LogP contribution in [0.3, 0.4) is 0 Å². The predicted molar refractivity (Wildman–Crippen MR) is 116 cm³/mol. The molecule has 1 heterocycles. The number of nitrogens with zero attached hydrogens (tertiary/aromatic N) is 2. The van der Waals surface area contributed by atoms with Gasteiger partial charge in [-0.05, 0) is 48.8 Å². The van der Waals surface area contributed by atoms with Gasteiger partial charge in [-0.3, -0.25) is 4.79 Å². The molecule has 3 aliphatic rings. The van der Waals surface area contributed by atoms with Gasteiger partial charge in [-0.15, -0.1) is 0 Å². The second-order valence-corrected chi connectivity index (χ2v) is 9.38. The van der Waals surface area contributed by atoms with Gasteiger partial charge < -0.3 is 25.2 Å². The fourth-order valence-corrected chi connectivity index (χ4v) is 5.22. The molecule has 168 valence electrons. The molecule has 4 rings (SSSR count). The van der Waals surface area contributed by atoms with Crippen molar-refractivity contribution in [1.29, 1.82) is 0 Å². The topological polar surface area (TPSA) is 91.0 Å². The summed E-state index contributed by atoms with van der Waals surface area (Å²) in [6, 6.07) is 7.40. The van der Waals surface area contributed by atoms with Gasteiger partial charge in [-0.25, -0.2) is 9.59 Å². The van der Waals surface area contributed by atoms with Crippen molar-refractivity contribution >= 4 is 29.6 Å². The molecule has 1 aliphatic heterocycles. The number of ether oxygens (including phenoxy) is 1. The van der Waals surface area contributed by atoms with Crippen molar-refractivity contribution in [2.75, 3.05) is 33.3 Å². The SMILES string of the molecule is COC(=O)N1CCN(C(=O)C2CC3(CC(NC(=O)NCc4ccc(Cl)cc4)C3)C2)CC1. The number of carbonyl (C=O) groups excluding carboxylic acids is 3. The molecule has 1 spiro atoms. The summed E-state index contributed by atoms with van der Waals surface area (Å²) in [6.07, 6.45) is 3.32. The second-order valence-electron chi connectivity index (χ2n) is 8.95. The van der Waals surface area contributed by atoms with E-state index in [0.29, 0.717) is 37.7 Å². The van der Waals surface area contributed by atoms with Crippen LogP contribution in [0.5, 0.6) is 0 Å². The molecule has 9 heteroatoms. The Hall–Kier alpha value is -2.48. The number of hydrogen-bond donors (Lipinski definition) is 2. The Morgan fingerprint density at radius 3 is 2.26 bits per heavy atom. The minimum atomic E-state index is -0.333. The Balaban J connectivity index is 1.13. The third-order valence-corrected chi connectivity index (χ3v) is 7.04. The van der Waals surface area contributed by atoms with Crippen LogP contribution in [0.1, 0.15) is 31.2 Å². The highest BCUT2D eigenvalue weighted by atomic mass is 35.5. The Bertz CT molecular complexity index is 824. The number of amides is 4. The molecule has 0 bridgehead atoms. The van der Waals surface area contributed by atoms with E-state index in [1.54, 1.807) is 17.0 Å². The van der Waals surface area contributed by atoms with Crippen LogP contribution in [0.15, 0.2) is 24.3 Å². The summed E-state index contributed by atoms with van der Waals surface area (Å²) in [5.74, 6) is 0.275. The standard InChI is InChI=1S/C22H29ClN4O4/c1-31-21(30)27-8-6-26(7-9-27)19(28)16-10-22(11-16)12-18(13-22)25-20(29)24-14-15-2-4-17(23)5-3-15/h2-5,16,18H,6-14H2,1H3,(H2,24,25,29). The number of benzene rings is 1. The van der Waals surface area contributed by atoms with Crippen molar-refractivity contribution in [1.82, 2.24) is 20.4 Å². The summed E-state index contributed by atoms with van der Waals surface area (Å²) in [6.45, 7) is 2.63. The van der Waals surface area contributed by atoms with Crippen molar-refractivity contribution < 1.29 is 19.1 Å². The van der Waals surface area contributed by atoms with Crippen LogP contribution in [0.4, 0.5) is 9.59 Å². The lowest BCUT2D eigenvalue weighted by atomic mass is 9.50. The molecule has 0 radical (unpaired) electrons. The first-order chi connectivity index (χ1) is 14.9. The van der Waals surface area contributed by atoms with Crippen molar-refractivity contribution in [2.45, 2.75) is 38.3 Å². The highest BCUT2D eigenvalue weighted by Gasteiger charge is 2.55. The van der Waals surface area contributed by atoms with Crippen molar-refractivity contribution in [2.24, 2.45) is 11.3 Å². The molecule has 4 amide bonds. The maximum absolute atomic E-state index is 12.8.